The molecule has 9 rings (SSSR count). The number of fused-ring (bicyclic) bond motifs is 20. The zero-order valence-corrected chi connectivity index (χ0v) is 24.6. The number of rotatable bonds is 0. The first-order valence-electron chi connectivity index (χ1n) is 14.7. The lowest BCUT2D eigenvalue weighted by atomic mass is 10.0. The molecule has 8 heteroatoms. The van der Waals surface area contributed by atoms with Crippen molar-refractivity contribution in [1.82, 2.24) is 39.9 Å². The molecule has 0 atom stereocenters. The Morgan fingerprint density at radius 3 is 1.23 bits per heavy atom. The highest BCUT2D eigenvalue weighted by molar-refractivity contribution is 6.08. The number of benzene rings is 4. The molecular formula is C36H26N8. The van der Waals surface area contributed by atoms with Crippen LogP contribution in [0.15, 0.2) is 72.8 Å². The summed E-state index contributed by atoms with van der Waals surface area (Å²) in [5, 5.41) is 3.96. The molecule has 0 unspecified atom stereocenters. The summed E-state index contributed by atoms with van der Waals surface area (Å²) in [5.41, 5.74) is 11.0. The normalized spacial score (nSPS) is 12.1. The Labute approximate surface area is 252 Å². The maximum Gasteiger partial charge on any atom is 0.165 e. The van der Waals surface area contributed by atoms with Crippen molar-refractivity contribution in [3.63, 3.8) is 0 Å². The van der Waals surface area contributed by atoms with E-state index in [2.05, 4.69) is 86.2 Å². The number of nitrogens with zero attached hydrogens (tertiary/aromatic N) is 6. The summed E-state index contributed by atoms with van der Waals surface area (Å²) >= 11 is 0. The quantitative estimate of drug-likeness (QED) is 0.191. The first kappa shape index (κ1) is 24.8. The summed E-state index contributed by atoms with van der Waals surface area (Å²) in [6.07, 6.45) is 0. The second-order valence-corrected chi connectivity index (χ2v) is 11.6. The molecule has 44 heavy (non-hydrogen) atoms. The molecule has 4 aromatic carbocycles. The van der Waals surface area contributed by atoms with Crippen LogP contribution < -0.4 is 0 Å². The third-order valence-corrected chi connectivity index (χ3v) is 8.77. The predicted molar refractivity (Wildman–Crippen MR) is 175 cm³/mol. The van der Waals surface area contributed by atoms with Gasteiger partial charge in [-0.3, -0.25) is 0 Å². The van der Waals surface area contributed by atoms with E-state index in [0.717, 1.165) is 66.1 Å². The molecule has 3 aromatic heterocycles. The second kappa shape index (κ2) is 8.87. The standard InChI is InChI=1S/C36H26N8/c1-17-9-5-13-21-25(17)33-39-29(21)37-30-23-15-7-11-19(3)27(23)35(41-30)44-36-28-20(4)12-8-16-24(28)32(42-36)38-31-22-14-6-10-18(2)26(22)34(40-31)43-33/h5-16H,1-4H3,(H2,37,38,39,40,41,42,43,44). The van der Waals surface area contributed by atoms with Crippen molar-refractivity contribution in [2.75, 3.05) is 0 Å². The highest BCUT2D eigenvalue weighted by Gasteiger charge is 2.24. The van der Waals surface area contributed by atoms with E-state index in [4.69, 9.17) is 29.9 Å². The SMILES string of the molecule is Cc1cccc2c1-c1nc-2nc2[nH]c(nc3nc(nc4[nH]c(n1)c1c(C)cccc41)-c1cccc(C)c1-3)c1c(C)cccc21. The van der Waals surface area contributed by atoms with Gasteiger partial charge in [0.2, 0.25) is 0 Å². The topological polar surface area (TPSA) is 109 Å². The fourth-order valence-electron chi connectivity index (χ4n) is 6.68. The zero-order valence-electron chi connectivity index (χ0n) is 24.6. The Bertz CT molecular complexity index is 2380. The molecule has 0 amide bonds. The van der Waals surface area contributed by atoms with Crippen LogP contribution >= 0.6 is 0 Å². The zero-order chi connectivity index (χ0) is 29.7. The molecule has 0 saturated heterocycles. The number of hydrogen-bond donors (Lipinski definition) is 2. The van der Waals surface area contributed by atoms with Crippen molar-refractivity contribution in [2.45, 2.75) is 27.7 Å². The Morgan fingerprint density at radius 1 is 0.386 bits per heavy atom. The molecule has 8 bridgehead atoms. The van der Waals surface area contributed by atoms with E-state index in [-0.39, 0.29) is 0 Å². The average molecular weight is 571 g/mol. The van der Waals surface area contributed by atoms with Gasteiger partial charge in [-0.25, -0.2) is 29.9 Å². The molecule has 0 aliphatic carbocycles. The van der Waals surface area contributed by atoms with Gasteiger partial charge in [0.25, 0.3) is 0 Å². The predicted octanol–water partition coefficient (Wildman–Crippen LogP) is 8.10. The van der Waals surface area contributed by atoms with Gasteiger partial charge in [-0.2, -0.15) is 0 Å². The van der Waals surface area contributed by atoms with Crippen LogP contribution in [0.5, 0.6) is 0 Å². The third kappa shape index (κ3) is 3.45. The minimum absolute atomic E-state index is 0.610. The van der Waals surface area contributed by atoms with Gasteiger partial charge in [-0.05, 0) is 49.9 Å². The highest BCUT2D eigenvalue weighted by atomic mass is 15.1. The number of aromatic nitrogens is 8. The number of H-pyrrole nitrogens is 2. The summed E-state index contributed by atoms with van der Waals surface area (Å²) in [4.78, 5) is 37.7. The van der Waals surface area contributed by atoms with Gasteiger partial charge in [0.1, 0.15) is 22.6 Å². The summed E-state index contributed by atoms with van der Waals surface area (Å²) in [7, 11) is 0. The van der Waals surface area contributed by atoms with Crippen LogP contribution in [0.3, 0.4) is 0 Å². The Hall–Kier alpha value is -5.76. The van der Waals surface area contributed by atoms with E-state index in [9.17, 15) is 0 Å². The summed E-state index contributed by atoms with van der Waals surface area (Å²) < 4.78 is 0. The van der Waals surface area contributed by atoms with Gasteiger partial charge >= 0.3 is 0 Å². The van der Waals surface area contributed by atoms with Gasteiger partial charge in [0, 0.05) is 43.8 Å². The van der Waals surface area contributed by atoms with E-state index in [1.807, 2.05) is 24.3 Å². The van der Waals surface area contributed by atoms with Crippen molar-refractivity contribution >= 4 is 44.1 Å². The van der Waals surface area contributed by atoms with Crippen LogP contribution in [0.1, 0.15) is 22.3 Å². The van der Waals surface area contributed by atoms with Crippen LogP contribution in [0.2, 0.25) is 0 Å². The molecule has 0 radical (unpaired) electrons. The third-order valence-electron chi connectivity index (χ3n) is 8.77. The van der Waals surface area contributed by atoms with Crippen LogP contribution in [-0.4, -0.2) is 39.9 Å². The molecule has 8 nitrogen and oxygen atoms in total. The molecule has 0 saturated carbocycles. The minimum Gasteiger partial charge on any atom is -0.324 e. The molecule has 0 spiro atoms. The van der Waals surface area contributed by atoms with E-state index in [0.29, 0.717) is 45.9 Å². The fraction of sp³-hybridized carbons (Fsp3) is 0.111. The second-order valence-electron chi connectivity index (χ2n) is 11.6. The van der Waals surface area contributed by atoms with Gasteiger partial charge in [0.05, 0.1) is 0 Å². The molecular weight excluding hydrogens is 544 g/mol. The molecule has 2 aliphatic heterocycles. The lowest BCUT2D eigenvalue weighted by Gasteiger charge is -2.02. The molecule has 210 valence electrons. The highest BCUT2D eigenvalue weighted by Crippen LogP contribution is 2.39. The minimum atomic E-state index is 0.610. The molecule has 0 fully saturated rings. The van der Waals surface area contributed by atoms with Crippen molar-refractivity contribution in [1.29, 1.82) is 0 Å². The van der Waals surface area contributed by atoms with Crippen LogP contribution in [0, 0.1) is 27.7 Å². The number of aryl methyl sites for hydroxylation is 4. The van der Waals surface area contributed by atoms with Crippen molar-refractivity contribution in [3.8, 4) is 45.6 Å². The van der Waals surface area contributed by atoms with Gasteiger partial charge < -0.3 is 9.97 Å². The maximum absolute atomic E-state index is 5.16. The van der Waals surface area contributed by atoms with Crippen molar-refractivity contribution in [3.05, 3.63) is 95.1 Å². The van der Waals surface area contributed by atoms with E-state index >= 15 is 0 Å². The molecule has 7 aromatic rings. The summed E-state index contributed by atoms with van der Waals surface area (Å²) in [6.45, 7) is 8.36. The summed E-state index contributed by atoms with van der Waals surface area (Å²) in [6, 6.07) is 24.8. The van der Waals surface area contributed by atoms with Crippen LogP contribution in [0.4, 0.5) is 0 Å². The van der Waals surface area contributed by atoms with Crippen molar-refractivity contribution < 1.29 is 0 Å². The summed E-state index contributed by atoms with van der Waals surface area (Å²) in [5.74, 6) is 2.46. The van der Waals surface area contributed by atoms with E-state index < -0.39 is 0 Å². The Balaban J connectivity index is 1.54. The largest absolute Gasteiger partial charge is 0.324 e. The molecule has 2 aliphatic rings. The monoisotopic (exact) mass is 570 g/mol. The number of aromatic amines is 2. The van der Waals surface area contributed by atoms with Gasteiger partial charge in [0.15, 0.2) is 23.3 Å². The van der Waals surface area contributed by atoms with Gasteiger partial charge in [-0.15, -0.1) is 0 Å². The maximum atomic E-state index is 5.16. The van der Waals surface area contributed by atoms with Crippen LogP contribution in [0.25, 0.3) is 89.7 Å². The first-order chi connectivity index (χ1) is 21.4. The number of nitrogens with one attached hydrogen (secondary N) is 2. The van der Waals surface area contributed by atoms with Crippen molar-refractivity contribution in [2.24, 2.45) is 0 Å². The number of hydrogen-bond acceptors (Lipinski definition) is 6. The Morgan fingerprint density at radius 2 is 0.773 bits per heavy atom. The lowest BCUT2D eigenvalue weighted by Crippen LogP contribution is -1.86. The fourth-order valence-corrected chi connectivity index (χ4v) is 6.68. The van der Waals surface area contributed by atoms with E-state index in [1.165, 1.54) is 0 Å². The molecule has 2 N–H and O–H groups in total. The lowest BCUT2D eigenvalue weighted by molar-refractivity contribution is 1.19. The van der Waals surface area contributed by atoms with Gasteiger partial charge in [-0.1, -0.05) is 72.8 Å². The van der Waals surface area contributed by atoms with Crippen LogP contribution in [-0.2, 0) is 0 Å². The Kier molecular flexibility index (Phi) is 5.00. The smallest absolute Gasteiger partial charge is 0.165 e. The average Bonchev–Trinajstić information content (AvgIpc) is 3.74. The van der Waals surface area contributed by atoms with E-state index in [1.54, 1.807) is 0 Å². The first-order valence-corrected chi connectivity index (χ1v) is 14.7. The molecule has 5 heterocycles.